The normalized spacial score (nSPS) is 12.1. The molecule has 0 saturated carbocycles. The molecule has 0 fully saturated rings. The average Bonchev–Trinajstić information content (AvgIpc) is 4.29. The summed E-state index contributed by atoms with van der Waals surface area (Å²) in [6.07, 6.45) is 8.13. The minimum atomic E-state index is 0.604. The second kappa shape index (κ2) is 18.4. The van der Waals surface area contributed by atoms with Crippen LogP contribution >= 0.6 is 0 Å². The highest BCUT2D eigenvalue weighted by atomic mass is 16.3. The summed E-state index contributed by atoms with van der Waals surface area (Å²) in [7, 11) is 0. The molecule has 6 nitrogen and oxygen atoms in total. The van der Waals surface area contributed by atoms with E-state index in [0.29, 0.717) is 17.5 Å². The Morgan fingerprint density at radius 2 is 0.961 bits per heavy atom. The summed E-state index contributed by atoms with van der Waals surface area (Å²) >= 11 is 0. The van der Waals surface area contributed by atoms with Gasteiger partial charge in [-0.2, -0.15) is 0 Å². The van der Waals surface area contributed by atoms with E-state index in [1.807, 2.05) is 79.7 Å². The third kappa shape index (κ3) is 7.54. The van der Waals surface area contributed by atoms with Crippen LogP contribution in [0.2, 0.25) is 0 Å². The largest absolute Gasteiger partial charge is 0.456 e. The number of furan rings is 2. The molecule has 0 aliphatic rings. The maximum Gasteiger partial charge on any atom is 0.164 e. The first kappa shape index (κ1) is 44.5. The molecule has 0 aliphatic heterocycles. The Labute approximate surface area is 438 Å². The van der Waals surface area contributed by atoms with Crippen molar-refractivity contribution in [2.45, 2.75) is 6.92 Å². The highest BCUT2D eigenvalue weighted by Gasteiger charge is 2.23. The molecular weight excluding hydrogens is 929 g/mol. The molecule has 6 heteroatoms. The Bertz CT molecular complexity index is 4610. The van der Waals surface area contributed by atoms with Gasteiger partial charge >= 0.3 is 0 Å². The highest BCUT2D eigenvalue weighted by molar-refractivity contribution is 6.17. The number of nitrogens with zero attached hydrogens (tertiary/aromatic N) is 4. The summed E-state index contributed by atoms with van der Waals surface area (Å²) in [5.74, 6) is 1.85. The fourth-order valence-corrected chi connectivity index (χ4v) is 11.1. The lowest BCUT2D eigenvalue weighted by molar-refractivity contribution is 0.668. The van der Waals surface area contributed by atoms with E-state index in [-0.39, 0.29) is 0 Å². The fraction of sp³-hybridized carbons (Fsp3) is 0.0143. The van der Waals surface area contributed by atoms with Gasteiger partial charge in [-0.25, -0.2) is 15.0 Å². The van der Waals surface area contributed by atoms with Gasteiger partial charge in [0, 0.05) is 49.2 Å². The van der Waals surface area contributed by atoms with Crippen LogP contribution in [0, 0.1) is 0 Å². The summed E-state index contributed by atoms with van der Waals surface area (Å²) in [6, 6.07) is 78.6. The fourth-order valence-electron chi connectivity index (χ4n) is 11.1. The van der Waals surface area contributed by atoms with Crippen molar-refractivity contribution in [3.63, 3.8) is 0 Å². The lowest BCUT2D eigenvalue weighted by Crippen LogP contribution is -2.00. The van der Waals surface area contributed by atoms with E-state index in [1.54, 1.807) is 0 Å². The van der Waals surface area contributed by atoms with Crippen LogP contribution in [0.25, 0.3) is 144 Å². The number of fused-ring (bicyclic) bond motifs is 9. The number of aromatic nitrogens is 4. The van der Waals surface area contributed by atoms with Crippen molar-refractivity contribution >= 4 is 71.3 Å². The van der Waals surface area contributed by atoms with Crippen molar-refractivity contribution in [1.29, 1.82) is 0 Å². The molecule has 0 aliphatic carbocycles. The van der Waals surface area contributed by atoms with Crippen LogP contribution in [0.3, 0.4) is 0 Å². The molecule has 0 bridgehead atoms. The van der Waals surface area contributed by atoms with Gasteiger partial charge in [0.25, 0.3) is 0 Å². The molecule has 14 aromatic rings. The first-order valence-electron chi connectivity index (χ1n) is 25.6. The van der Waals surface area contributed by atoms with Crippen LogP contribution in [-0.4, -0.2) is 19.5 Å². The van der Waals surface area contributed by atoms with Gasteiger partial charge in [0.05, 0.1) is 22.1 Å². The highest BCUT2D eigenvalue weighted by Crippen LogP contribution is 2.45. The summed E-state index contributed by atoms with van der Waals surface area (Å²) < 4.78 is 15.7. The Kier molecular flexibility index (Phi) is 10.8. The summed E-state index contributed by atoms with van der Waals surface area (Å²) in [5, 5.41) is 6.56. The van der Waals surface area contributed by atoms with Gasteiger partial charge in [0.2, 0.25) is 0 Å². The zero-order valence-electron chi connectivity index (χ0n) is 41.5. The summed E-state index contributed by atoms with van der Waals surface area (Å²) in [6.45, 7) is 6.06. The van der Waals surface area contributed by atoms with Gasteiger partial charge in [-0.3, -0.25) is 0 Å². The monoisotopic (exact) mass is 974 g/mol. The van der Waals surface area contributed by atoms with Crippen LogP contribution in [-0.2, 0) is 0 Å². The molecule has 0 saturated heterocycles. The molecule has 10 aromatic carbocycles. The first-order chi connectivity index (χ1) is 37.6. The molecule has 0 N–H and O–H groups in total. The number of allylic oxidation sites excluding steroid dienone is 5. The predicted octanol–water partition coefficient (Wildman–Crippen LogP) is 18.9. The minimum Gasteiger partial charge on any atom is -0.456 e. The number of benzene rings is 10. The summed E-state index contributed by atoms with van der Waals surface area (Å²) in [4.78, 5) is 15.0. The molecular formula is C70H46N4O2. The Morgan fingerprint density at radius 1 is 0.408 bits per heavy atom. The van der Waals surface area contributed by atoms with Gasteiger partial charge in [0.1, 0.15) is 22.3 Å². The third-order valence-corrected chi connectivity index (χ3v) is 14.5. The third-order valence-electron chi connectivity index (χ3n) is 14.5. The van der Waals surface area contributed by atoms with Gasteiger partial charge in [-0.1, -0.05) is 189 Å². The first-order valence-corrected chi connectivity index (χ1v) is 25.6. The van der Waals surface area contributed by atoms with Crippen molar-refractivity contribution in [2.75, 3.05) is 0 Å². The molecule has 0 amide bonds. The molecule has 14 rings (SSSR count). The second-order valence-electron chi connectivity index (χ2n) is 19.1. The maximum absolute atomic E-state index is 6.63. The van der Waals surface area contributed by atoms with Crippen molar-refractivity contribution < 1.29 is 8.83 Å². The van der Waals surface area contributed by atoms with Crippen molar-refractivity contribution in [3.05, 3.63) is 261 Å². The molecule has 0 radical (unpaired) electrons. The molecule has 0 unspecified atom stereocenters. The average molecular weight is 975 g/mol. The minimum absolute atomic E-state index is 0.604. The Balaban J connectivity index is 0.911. The van der Waals surface area contributed by atoms with Gasteiger partial charge in [-0.15, -0.1) is 0 Å². The zero-order chi connectivity index (χ0) is 50.7. The number of hydrogen-bond acceptors (Lipinski definition) is 5. The van der Waals surface area contributed by atoms with Gasteiger partial charge in [-0.05, 0) is 113 Å². The van der Waals surface area contributed by atoms with Crippen LogP contribution in [0.1, 0.15) is 12.5 Å². The van der Waals surface area contributed by atoms with Crippen molar-refractivity contribution in [1.82, 2.24) is 19.5 Å². The van der Waals surface area contributed by atoms with Crippen LogP contribution in [0.15, 0.2) is 264 Å². The van der Waals surface area contributed by atoms with Crippen LogP contribution in [0.4, 0.5) is 0 Å². The summed E-state index contributed by atoms with van der Waals surface area (Å²) in [5.41, 5.74) is 18.1. The molecule has 0 atom stereocenters. The molecule has 358 valence electrons. The zero-order valence-corrected chi connectivity index (χ0v) is 41.5. The van der Waals surface area contributed by atoms with E-state index in [2.05, 4.69) is 187 Å². The van der Waals surface area contributed by atoms with E-state index in [9.17, 15) is 0 Å². The van der Waals surface area contributed by atoms with Crippen molar-refractivity contribution in [3.8, 4) is 73.2 Å². The van der Waals surface area contributed by atoms with E-state index in [0.717, 1.165) is 122 Å². The Morgan fingerprint density at radius 3 is 1.71 bits per heavy atom. The maximum atomic E-state index is 6.63. The smallest absolute Gasteiger partial charge is 0.164 e. The number of para-hydroxylation sites is 2. The molecule has 0 spiro atoms. The van der Waals surface area contributed by atoms with Crippen molar-refractivity contribution in [2.24, 2.45) is 0 Å². The quantitative estimate of drug-likeness (QED) is 0.128. The molecule has 4 aromatic heterocycles. The lowest BCUT2D eigenvalue weighted by atomic mass is 9.94. The van der Waals surface area contributed by atoms with E-state index >= 15 is 0 Å². The second-order valence-corrected chi connectivity index (χ2v) is 19.1. The SMILES string of the molecule is C=C/C=C(\C=C/C)c1ccc2c(c1)c1ccccc1n2-c1c(-c2cccc(-c3ccc4oc5cccc(-c6cccc(-c7nc(-c8ccccc8)nc(-c8ccccc8)n7)c6)c5c4c3)c2)ccc2oc3ccccc3c12. The van der Waals surface area contributed by atoms with E-state index < -0.39 is 0 Å². The Hall–Kier alpha value is -10.2. The van der Waals surface area contributed by atoms with Gasteiger partial charge < -0.3 is 13.4 Å². The van der Waals surface area contributed by atoms with E-state index in [1.165, 1.54) is 10.8 Å². The van der Waals surface area contributed by atoms with E-state index in [4.69, 9.17) is 23.8 Å². The topological polar surface area (TPSA) is 69.9 Å². The predicted molar refractivity (Wildman–Crippen MR) is 314 cm³/mol. The van der Waals surface area contributed by atoms with Crippen LogP contribution in [0.5, 0.6) is 0 Å². The number of rotatable bonds is 10. The molecule has 76 heavy (non-hydrogen) atoms. The standard InChI is InChI=1S/C70H46N4O2/c1-3-18-44(19-4-2)48-34-37-60-57(42-48)55-28-11-13-31-59(55)74(60)67-54(36-39-64-66(67)56-29-12-14-32-61(56)75-64)51-26-15-24-47(40-51)49-35-38-62-58(43-49)65-53(30-17-33-63(65)76-62)50-25-16-27-52(41-50)70-72-68(45-20-7-5-8-21-45)71-69(73-70)46-22-9-6-10-23-46/h3-43H,1H2,2H3/b19-4-,44-18+. The number of hydrogen-bond donors (Lipinski definition) is 0. The molecule has 4 heterocycles. The van der Waals surface area contributed by atoms with Crippen LogP contribution < -0.4 is 0 Å². The van der Waals surface area contributed by atoms with Gasteiger partial charge in [0.15, 0.2) is 17.5 Å². The lowest BCUT2D eigenvalue weighted by Gasteiger charge is -2.17.